The largest absolute Gasteiger partial charge is 0.372 e. The Kier molecular flexibility index (Phi) is 3.09. The fourth-order valence-electron chi connectivity index (χ4n) is 1.94. The van der Waals surface area contributed by atoms with E-state index in [0.29, 0.717) is 0 Å². The van der Waals surface area contributed by atoms with Crippen LogP contribution in [-0.4, -0.2) is 12.0 Å². The van der Waals surface area contributed by atoms with Gasteiger partial charge in [-0.3, -0.25) is 0 Å². The molecule has 0 spiro atoms. The minimum Gasteiger partial charge on any atom is -0.372 e. The summed E-state index contributed by atoms with van der Waals surface area (Å²) in [7, 11) is 0. The molecule has 1 fully saturated rings. The molecule has 1 aromatic rings. The van der Waals surface area contributed by atoms with Gasteiger partial charge in [0.1, 0.15) is 0 Å². The predicted octanol–water partition coefficient (Wildman–Crippen LogP) is 3.45. The van der Waals surface area contributed by atoms with Crippen LogP contribution in [0.4, 0.5) is 0 Å². The maximum Gasteiger partial charge on any atom is 0.0990 e. The van der Waals surface area contributed by atoms with E-state index in [1.165, 1.54) is 11.1 Å². The van der Waals surface area contributed by atoms with Crippen LogP contribution in [0.25, 0.3) is 0 Å². The zero-order chi connectivity index (χ0) is 9.97. The Balaban J connectivity index is 2.25. The van der Waals surface area contributed by atoms with Crippen LogP contribution in [0, 0.1) is 6.92 Å². The van der Waals surface area contributed by atoms with E-state index >= 15 is 0 Å². The predicted molar refractivity (Wildman–Crippen MR) is 58.7 cm³/mol. The van der Waals surface area contributed by atoms with Gasteiger partial charge in [-0.05, 0) is 30.9 Å². The lowest BCUT2D eigenvalue weighted by atomic mass is 9.97. The monoisotopic (exact) mass is 210 g/mol. The summed E-state index contributed by atoms with van der Waals surface area (Å²) in [6, 6.07) is 8.31. The van der Waals surface area contributed by atoms with Crippen LogP contribution in [0.15, 0.2) is 24.3 Å². The third-order valence-electron chi connectivity index (χ3n) is 2.75. The Morgan fingerprint density at radius 2 is 2.14 bits per heavy atom. The molecule has 0 bridgehead atoms. The van der Waals surface area contributed by atoms with Crippen LogP contribution in [0.3, 0.4) is 0 Å². The van der Waals surface area contributed by atoms with Crippen LogP contribution < -0.4 is 0 Å². The Morgan fingerprint density at radius 1 is 1.36 bits per heavy atom. The Bertz CT molecular complexity index is 311. The van der Waals surface area contributed by atoms with Crippen molar-refractivity contribution in [3.8, 4) is 0 Å². The Labute approximate surface area is 90.0 Å². The summed E-state index contributed by atoms with van der Waals surface area (Å²) in [5.41, 5.74) is 2.51. The first-order valence-corrected chi connectivity index (χ1v) is 5.54. The average molecular weight is 211 g/mol. The van der Waals surface area contributed by atoms with E-state index in [1.54, 1.807) is 0 Å². The van der Waals surface area contributed by atoms with Crippen molar-refractivity contribution in [3.63, 3.8) is 0 Å². The highest BCUT2D eigenvalue weighted by molar-refractivity contribution is 6.21. The van der Waals surface area contributed by atoms with Gasteiger partial charge in [-0.2, -0.15) is 0 Å². The highest BCUT2D eigenvalue weighted by Gasteiger charge is 2.26. The molecule has 1 aromatic carbocycles. The fourth-order valence-corrected chi connectivity index (χ4v) is 2.30. The van der Waals surface area contributed by atoms with Gasteiger partial charge >= 0.3 is 0 Å². The van der Waals surface area contributed by atoms with Crippen molar-refractivity contribution in [2.75, 3.05) is 6.61 Å². The molecule has 0 radical (unpaired) electrons. The van der Waals surface area contributed by atoms with Crippen molar-refractivity contribution >= 4 is 11.6 Å². The molecule has 14 heavy (non-hydrogen) atoms. The highest BCUT2D eigenvalue weighted by atomic mass is 35.5. The van der Waals surface area contributed by atoms with Crippen LogP contribution in [0.5, 0.6) is 0 Å². The second-order valence-corrected chi connectivity index (χ2v) is 4.37. The van der Waals surface area contributed by atoms with Gasteiger partial charge in [-0.15, -0.1) is 11.6 Å². The second-order valence-electron chi connectivity index (χ2n) is 3.81. The quantitative estimate of drug-likeness (QED) is 0.646. The molecule has 2 atom stereocenters. The molecule has 0 unspecified atom stereocenters. The maximum absolute atomic E-state index is 6.26. The summed E-state index contributed by atoms with van der Waals surface area (Å²) in [5, 5.41) is 0.129. The third-order valence-corrected chi connectivity index (χ3v) is 3.19. The normalized spacial score (nSPS) is 27.6. The maximum atomic E-state index is 6.26. The summed E-state index contributed by atoms with van der Waals surface area (Å²) < 4.78 is 5.73. The second kappa shape index (κ2) is 4.33. The minimum atomic E-state index is 0.0895. The molecule has 76 valence electrons. The molecule has 1 saturated heterocycles. The highest BCUT2D eigenvalue weighted by Crippen LogP contribution is 2.33. The number of halogens is 1. The van der Waals surface area contributed by atoms with Crippen LogP contribution in [-0.2, 0) is 4.74 Å². The number of hydrogen-bond acceptors (Lipinski definition) is 1. The Morgan fingerprint density at radius 3 is 2.86 bits per heavy atom. The van der Waals surface area contributed by atoms with Crippen molar-refractivity contribution in [2.24, 2.45) is 0 Å². The van der Waals surface area contributed by atoms with Gasteiger partial charge in [0.05, 0.1) is 11.5 Å². The molecule has 1 nitrogen and oxygen atoms in total. The number of rotatable bonds is 1. The first-order chi connectivity index (χ1) is 6.79. The van der Waals surface area contributed by atoms with E-state index in [-0.39, 0.29) is 11.5 Å². The van der Waals surface area contributed by atoms with Crippen molar-refractivity contribution in [3.05, 3.63) is 35.4 Å². The number of benzene rings is 1. The first kappa shape index (κ1) is 10.0. The Hall–Kier alpha value is -0.530. The molecule has 1 aliphatic rings. The summed E-state index contributed by atoms with van der Waals surface area (Å²) in [5.74, 6) is 0. The molecule has 1 aliphatic heterocycles. The lowest BCUT2D eigenvalue weighted by Gasteiger charge is -2.28. The summed E-state index contributed by atoms with van der Waals surface area (Å²) in [6.45, 7) is 2.94. The van der Waals surface area contributed by atoms with E-state index in [0.717, 1.165) is 19.4 Å². The number of aryl methyl sites for hydroxylation is 1. The lowest BCUT2D eigenvalue weighted by molar-refractivity contribution is 0.0180. The standard InChI is InChI=1S/C12H15ClO/c1-9-5-2-3-6-10(9)12-11(13)7-4-8-14-12/h2-3,5-6,11-12H,4,7-8H2,1H3/t11-,12+/m1/s1. The van der Waals surface area contributed by atoms with E-state index in [1.807, 2.05) is 12.1 Å². The SMILES string of the molecule is Cc1ccccc1[C@@H]1OCCC[C@H]1Cl. The van der Waals surface area contributed by atoms with Gasteiger partial charge in [0.25, 0.3) is 0 Å². The molecule has 0 saturated carbocycles. The van der Waals surface area contributed by atoms with Crippen molar-refractivity contribution < 1.29 is 4.74 Å². The van der Waals surface area contributed by atoms with E-state index in [4.69, 9.17) is 16.3 Å². The molecule has 2 heteroatoms. The van der Waals surface area contributed by atoms with Gasteiger partial charge in [0, 0.05) is 6.61 Å². The summed E-state index contributed by atoms with van der Waals surface area (Å²) in [4.78, 5) is 0. The zero-order valence-electron chi connectivity index (χ0n) is 8.37. The number of alkyl halides is 1. The van der Waals surface area contributed by atoms with Crippen molar-refractivity contribution in [1.29, 1.82) is 0 Å². The summed E-state index contributed by atoms with van der Waals surface area (Å²) in [6.07, 6.45) is 2.23. The average Bonchev–Trinajstić information content (AvgIpc) is 2.20. The third kappa shape index (κ3) is 1.94. The molecule has 0 N–H and O–H groups in total. The molecule has 1 heterocycles. The fraction of sp³-hybridized carbons (Fsp3) is 0.500. The molecule has 0 aromatic heterocycles. The van der Waals surface area contributed by atoms with Crippen LogP contribution in [0.2, 0.25) is 0 Å². The number of hydrogen-bond donors (Lipinski definition) is 0. The number of ether oxygens (including phenoxy) is 1. The van der Waals surface area contributed by atoms with E-state index < -0.39 is 0 Å². The first-order valence-electron chi connectivity index (χ1n) is 5.10. The zero-order valence-corrected chi connectivity index (χ0v) is 9.13. The van der Waals surface area contributed by atoms with Gasteiger partial charge in [-0.25, -0.2) is 0 Å². The van der Waals surface area contributed by atoms with E-state index in [9.17, 15) is 0 Å². The van der Waals surface area contributed by atoms with Gasteiger partial charge in [0.15, 0.2) is 0 Å². The van der Waals surface area contributed by atoms with Gasteiger partial charge in [-0.1, -0.05) is 24.3 Å². The van der Waals surface area contributed by atoms with Gasteiger partial charge in [0.2, 0.25) is 0 Å². The van der Waals surface area contributed by atoms with Crippen LogP contribution in [0.1, 0.15) is 30.1 Å². The van der Waals surface area contributed by atoms with E-state index in [2.05, 4.69) is 19.1 Å². The molecular weight excluding hydrogens is 196 g/mol. The molecule has 2 rings (SSSR count). The van der Waals surface area contributed by atoms with Crippen molar-refractivity contribution in [1.82, 2.24) is 0 Å². The minimum absolute atomic E-state index is 0.0895. The topological polar surface area (TPSA) is 9.23 Å². The summed E-state index contributed by atoms with van der Waals surface area (Å²) >= 11 is 6.26. The van der Waals surface area contributed by atoms with Gasteiger partial charge < -0.3 is 4.74 Å². The molecule has 0 amide bonds. The van der Waals surface area contributed by atoms with Crippen molar-refractivity contribution in [2.45, 2.75) is 31.2 Å². The molecular formula is C12H15ClO. The van der Waals surface area contributed by atoms with Crippen LogP contribution >= 0.6 is 11.6 Å². The lowest BCUT2D eigenvalue weighted by Crippen LogP contribution is -2.23. The smallest absolute Gasteiger partial charge is 0.0990 e. The molecule has 0 aliphatic carbocycles.